The van der Waals surface area contributed by atoms with Gasteiger partial charge in [0.05, 0.1) is 30.2 Å². The van der Waals surface area contributed by atoms with Crippen LogP contribution in [0.15, 0.2) is 30.9 Å². The van der Waals surface area contributed by atoms with E-state index in [0.717, 1.165) is 18.2 Å². The van der Waals surface area contributed by atoms with Crippen molar-refractivity contribution in [2.24, 2.45) is 0 Å². The Hall–Kier alpha value is -2.02. The number of halogens is 3. The first-order chi connectivity index (χ1) is 9.91. The molecule has 1 amide bonds. The Morgan fingerprint density at radius 3 is 2.57 bits per heavy atom. The summed E-state index contributed by atoms with van der Waals surface area (Å²) in [4.78, 5) is 13.3. The summed E-state index contributed by atoms with van der Waals surface area (Å²) in [5.41, 5.74) is -0.142. The number of benzene rings is 1. The Labute approximate surface area is 120 Å². The van der Waals surface area contributed by atoms with E-state index in [0.29, 0.717) is 32.0 Å². The predicted molar refractivity (Wildman–Crippen MR) is 73.3 cm³/mol. The number of nitrogens with one attached hydrogen (secondary N) is 1. The van der Waals surface area contributed by atoms with Crippen molar-refractivity contribution in [3.63, 3.8) is 0 Å². The number of ether oxygens (including phenoxy) is 1. The lowest BCUT2D eigenvalue weighted by atomic mass is 10.1. The Morgan fingerprint density at radius 1 is 1.33 bits per heavy atom. The number of morpholine rings is 1. The average molecular weight is 300 g/mol. The topological polar surface area (TPSA) is 41.6 Å². The highest BCUT2D eigenvalue weighted by Crippen LogP contribution is 2.35. The molecule has 0 spiro atoms. The van der Waals surface area contributed by atoms with Crippen molar-refractivity contribution in [1.29, 1.82) is 0 Å². The number of rotatable bonds is 3. The molecular formula is C14H15F3N2O2. The average Bonchev–Trinajstić information content (AvgIpc) is 2.47. The minimum absolute atomic E-state index is 0.122. The molecule has 0 bridgehead atoms. The number of carbonyl (C=O) groups is 1. The number of amides is 1. The summed E-state index contributed by atoms with van der Waals surface area (Å²) in [6, 6.07) is 3.31. The number of nitrogens with zero attached hydrogens (tertiary/aromatic N) is 1. The van der Waals surface area contributed by atoms with Gasteiger partial charge in [0.25, 0.3) is 0 Å². The summed E-state index contributed by atoms with van der Waals surface area (Å²) >= 11 is 0. The molecule has 0 unspecified atom stereocenters. The van der Waals surface area contributed by atoms with Crippen LogP contribution in [-0.2, 0) is 15.7 Å². The van der Waals surface area contributed by atoms with E-state index >= 15 is 0 Å². The van der Waals surface area contributed by atoms with Crippen molar-refractivity contribution in [2.45, 2.75) is 6.18 Å². The molecule has 0 aliphatic carbocycles. The van der Waals surface area contributed by atoms with E-state index in [9.17, 15) is 18.0 Å². The van der Waals surface area contributed by atoms with Crippen molar-refractivity contribution in [3.8, 4) is 0 Å². The van der Waals surface area contributed by atoms with Crippen LogP contribution < -0.4 is 10.2 Å². The molecule has 114 valence electrons. The van der Waals surface area contributed by atoms with E-state index in [1.165, 1.54) is 6.07 Å². The van der Waals surface area contributed by atoms with Crippen LogP contribution in [0.2, 0.25) is 0 Å². The molecule has 21 heavy (non-hydrogen) atoms. The van der Waals surface area contributed by atoms with Crippen LogP contribution in [0.1, 0.15) is 5.56 Å². The molecule has 1 aliphatic heterocycles. The summed E-state index contributed by atoms with van der Waals surface area (Å²) in [6.45, 7) is 5.41. The fourth-order valence-corrected chi connectivity index (χ4v) is 2.08. The zero-order valence-corrected chi connectivity index (χ0v) is 11.2. The van der Waals surface area contributed by atoms with E-state index in [-0.39, 0.29) is 5.69 Å². The number of hydrogen-bond acceptors (Lipinski definition) is 3. The van der Waals surface area contributed by atoms with E-state index in [1.807, 2.05) is 4.90 Å². The lowest BCUT2D eigenvalue weighted by Crippen LogP contribution is -2.36. The summed E-state index contributed by atoms with van der Waals surface area (Å²) in [7, 11) is 0. The van der Waals surface area contributed by atoms with Gasteiger partial charge in [-0.1, -0.05) is 6.58 Å². The first-order valence-electron chi connectivity index (χ1n) is 6.39. The number of alkyl halides is 3. The van der Waals surface area contributed by atoms with Gasteiger partial charge in [-0.25, -0.2) is 0 Å². The van der Waals surface area contributed by atoms with Crippen LogP contribution in [0.3, 0.4) is 0 Å². The molecule has 1 N–H and O–H groups in total. The molecule has 1 aromatic carbocycles. The highest BCUT2D eigenvalue weighted by atomic mass is 19.4. The normalized spacial score (nSPS) is 15.7. The second kappa shape index (κ2) is 6.17. The molecular weight excluding hydrogens is 285 g/mol. The highest BCUT2D eigenvalue weighted by Gasteiger charge is 2.31. The van der Waals surface area contributed by atoms with Crippen LogP contribution in [0.25, 0.3) is 0 Å². The van der Waals surface area contributed by atoms with E-state index in [4.69, 9.17) is 4.74 Å². The van der Waals surface area contributed by atoms with Gasteiger partial charge in [-0.3, -0.25) is 4.79 Å². The van der Waals surface area contributed by atoms with Gasteiger partial charge < -0.3 is 15.0 Å². The predicted octanol–water partition coefficient (Wildman–Crippen LogP) is 2.67. The number of hydrogen-bond donors (Lipinski definition) is 1. The number of carbonyl (C=O) groups excluding carboxylic acids is 1. The zero-order valence-electron chi connectivity index (χ0n) is 11.2. The second-order valence-corrected chi connectivity index (χ2v) is 4.52. The van der Waals surface area contributed by atoms with E-state index in [1.54, 1.807) is 0 Å². The smallest absolute Gasteiger partial charge is 0.378 e. The third kappa shape index (κ3) is 3.75. The molecule has 1 saturated heterocycles. The fourth-order valence-electron chi connectivity index (χ4n) is 2.08. The molecule has 2 rings (SSSR count). The monoisotopic (exact) mass is 300 g/mol. The Kier molecular flexibility index (Phi) is 4.52. The first-order valence-corrected chi connectivity index (χ1v) is 6.39. The third-order valence-corrected chi connectivity index (χ3v) is 3.12. The van der Waals surface area contributed by atoms with Crippen molar-refractivity contribution in [1.82, 2.24) is 0 Å². The van der Waals surface area contributed by atoms with Gasteiger partial charge in [0.1, 0.15) is 0 Å². The van der Waals surface area contributed by atoms with Crippen molar-refractivity contribution in [3.05, 3.63) is 36.4 Å². The highest BCUT2D eigenvalue weighted by molar-refractivity contribution is 6.01. The van der Waals surface area contributed by atoms with Gasteiger partial charge in [0.15, 0.2) is 0 Å². The van der Waals surface area contributed by atoms with Crippen LogP contribution in [-0.4, -0.2) is 32.2 Å². The molecule has 1 heterocycles. The minimum atomic E-state index is -4.46. The maximum absolute atomic E-state index is 12.8. The zero-order chi connectivity index (χ0) is 15.5. The van der Waals surface area contributed by atoms with Crippen LogP contribution >= 0.6 is 0 Å². The minimum Gasteiger partial charge on any atom is -0.378 e. The molecule has 4 nitrogen and oxygen atoms in total. The van der Waals surface area contributed by atoms with Crippen molar-refractivity contribution >= 4 is 17.3 Å². The van der Waals surface area contributed by atoms with Crippen LogP contribution in [0, 0.1) is 0 Å². The molecule has 7 heteroatoms. The van der Waals surface area contributed by atoms with E-state index in [2.05, 4.69) is 11.9 Å². The van der Waals surface area contributed by atoms with Gasteiger partial charge in [0.2, 0.25) is 5.91 Å². The second-order valence-electron chi connectivity index (χ2n) is 4.52. The van der Waals surface area contributed by atoms with Gasteiger partial charge >= 0.3 is 6.18 Å². The third-order valence-electron chi connectivity index (χ3n) is 3.12. The van der Waals surface area contributed by atoms with Crippen molar-refractivity contribution < 1.29 is 22.7 Å². The van der Waals surface area contributed by atoms with Crippen molar-refractivity contribution in [2.75, 3.05) is 36.5 Å². The maximum Gasteiger partial charge on any atom is 0.416 e. The SMILES string of the molecule is C=CC(=O)Nc1cc(C(F)(F)F)ccc1N1CCOCC1. The molecule has 0 aromatic heterocycles. The molecule has 0 saturated carbocycles. The van der Waals surface area contributed by atoms with Gasteiger partial charge in [-0.2, -0.15) is 13.2 Å². The van der Waals surface area contributed by atoms with Gasteiger partial charge in [-0.15, -0.1) is 0 Å². The maximum atomic E-state index is 12.8. The Bertz CT molecular complexity index is 538. The lowest BCUT2D eigenvalue weighted by Gasteiger charge is -2.30. The lowest BCUT2D eigenvalue weighted by molar-refractivity contribution is -0.137. The van der Waals surface area contributed by atoms with Gasteiger partial charge in [0, 0.05) is 13.1 Å². The molecule has 1 fully saturated rings. The van der Waals surface area contributed by atoms with Crippen LogP contribution in [0.4, 0.5) is 24.5 Å². The Balaban J connectivity index is 2.37. The summed E-state index contributed by atoms with van der Waals surface area (Å²) in [5, 5.41) is 2.43. The number of anilines is 2. The summed E-state index contributed by atoms with van der Waals surface area (Å²) in [5.74, 6) is -0.552. The first kappa shape index (κ1) is 15.4. The molecule has 0 radical (unpaired) electrons. The summed E-state index contributed by atoms with van der Waals surface area (Å²) < 4.78 is 43.6. The summed E-state index contributed by atoms with van der Waals surface area (Å²) in [6.07, 6.45) is -3.44. The molecule has 1 aromatic rings. The van der Waals surface area contributed by atoms with Crippen LogP contribution in [0.5, 0.6) is 0 Å². The molecule has 0 atom stereocenters. The van der Waals surface area contributed by atoms with Gasteiger partial charge in [-0.05, 0) is 24.3 Å². The standard InChI is InChI=1S/C14H15F3N2O2/c1-2-13(20)18-11-9-10(14(15,16)17)3-4-12(11)19-5-7-21-8-6-19/h2-4,9H,1,5-8H2,(H,18,20). The van der Waals surface area contributed by atoms with E-state index < -0.39 is 17.6 Å². The largest absolute Gasteiger partial charge is 0.416 e. The fraction of sp³-hybridized carbons (Fsp3) is 0.357. The molecule has 1 aliphatic rings. The quantitative estimate of drug-likeness (QED) is 0.873. The Morgan fingerprint density at radius 2 is 2.00 bits per heavy atom.